The highest BCUT2D eigenvalue weighted by Gasteiger charge is 2.15. The van der Waals surface area contributed by atoms with Gasteiger partial charge in [-0.2, -0.15) is 0 Å². The molecule has 1 unspecified atom stereocenters. The number of nitrogens with zero attached hydrogens (tertiary/aromatic N) is 2. The van der Waals surface area contributed by atoms with Crippen molar-refractivity contribution in [1.82, 2.24) is 15.2 Å². The first-order chi connectivity index (χ1) is 13.2. The van der Waals surface area contributed by atoms with Crippen LogP contribution in [-0.4, -0.2) is 48.6 Å². The Hall–Kier alpha value is -2.60. The summed E-state index contributed by atoms with van der Waals surface area (Å²) in [4.78, 5) is 18.6. The zero-order valence-electron chi connectivity index (χ0n) is 15.8. The summed E-state index contributed by atoms with van der Waals surface area (Å²) < 4.78 is 11.2. The van der Waals surface area contributed by atoms with Gasteiger partial charge >= 0.3 is 0 Å². The number of rotatable bonds is 9. The highest BCUT2D eigenvalue weighted by molar-refractivity contribution is 5.77. The van der Waals surface area contributed by atoms with Crippen LogP contribution in [0.5, 0.6) is 17.4 Å². The maximum absolute atomic E-state index is 12.0. The van der Waals surface area contributed by atoms with E-state index in [9.17, 15) is 4.79 Å². The SMILES string of the molecule is CC(CNC(=O)COc1ccc(Oc2ccccn2)cc1)CN1CCCC1. The Morgan fingerprint density at radius 2 is 1.89 bits per heavy atom. The molecular formula is C21H27N3O3. The zero-order valence-corrected chi connectivity index (χ0v) is 15.8. The number of hydrogen-bond donors (Lipinski definition) is 1. The Bertz CT molecular complexity index is 700. The number of aromatic nitrogens is 1. The van der Waals surface area contributed by atoms with Crippen molar-refractivity contribution in [3.8, 4) is 17.4 Å². The molecule has 1 amide bonds. The van der Waals surface area contributed by atoms with Gasteiger partial charge in [0.2, 0.25) is 5.88 Å². The molecule has 0 saturated carbocycles. The van der Waals surface area contributed by atoms with Crippen LogP contribution in [0.3, 0.4) is 0 Å². The lowest BCUT2D eigenvalue weighted by atomic mass is 10.1. The second-order valence-electron chi connectivity index (χ2n) is 6.95. The topological polar surface area (TPSA) is 63.7 Å². The molecule has 3 rings (SSSR count). The molecule has 1 aromatic carbocycles. The van der Waals surface area contributed by atoms with E-state index in [1.54, 1.807) is 36.5 Å². The van der Waals surface area contributed by atoms with Gasteiger partial charge in [0, 0.05) is 25.4 Å². The first-order valence-corrected chi connectivity index (χ1v) is 9.50. The van der Waals surface area contributed by atoms with E-state index in [1.807, 2.05) is 12.1 Å². The summed E-state index contributed by atoms with van der Waals surface area (Å²) >= 11 is 0. The number of amides is 1. The maximum atomic E-state index is 12.0. The van der Waals surface area contributed by atoms with Crippen molar-refractivity contribution in [1.29, 1.82) is 0 Å². The molecule has 2 aromatic rings. The van der Waals surface area contributed by atoms with Crippen LogP contribution in [0.25, 0.3) is 0 Å². The van der Waals surface area contributed by atoms with Crippen LogP contribution in [0.2, 0.25) is 0 Å². The second-order valence-corrected chi connectivity index (χ2v) is 6.95. The highest BCUT2D eigenvalue weighted by Crippen LogP contribution is 2.22. The molecule has 0 bridgehead atoms. The molecule has 1 N–H and O–H groups in total. The minimum absolute atomic E-state index is 0.0108. The van der Waals surface area contributed by atoms with Crippen molar-refractivity contribution in [3.05, 3.63) is 48.7 Å². The smallest absolute Gasteiger partial charge is 0.257 e. The van der Waals surface area contributed by atoms with Gasteiger partial charge in [0.15, 0.2) is 6.61 Å². The van der Waals surface area contributed by atoms with Gasteiger partial charge in [0.05, 0.1) is 0 Å². The number of nitrogens with one attached hydrogen (secondary N) is 1. The molecule has 27 heavy (non-hydrogen) atoms. The van der Waals surface area contributed by atoms with Gasteiger partial charge < -0.3 is 19.7 Å². The quantitative estimate of drug-likeness (QED) is 0.736. The minimum Gasteiger partial charge on any atom is -0.484 e. The van der Waals surface area contributed by atoms with E-state index in [-0.39, 0.29) is 12.5 Å². The standard InChI is InChI=1S/C21H27N3O3/c1-17(15-24-12-4-5-13-24)14-23-20(25)16-26-18-7-9-19(10-8-18)27-21-6-2-3-11-22-21/h2-3,6-11,17H,4-5,12-16H2,1H3,(H,23,25). The lowest BCUT2D eigenvalue weighted by molar-refractivity contribution is -0.123. The fourth-order valence-electron chi connectivity index (χ4n) is 3.09. The zero-order chi connectivity index (χ0) is 18.9. The van der Waals surface area contributed by atoms with Gasteiger partial charge in [-0.25, -0.2) is 4.98 Å². The van der Waals surface area contributed by atoms with Crippen LogP contribution < -0.4 is 14.8 Å². The first kappa shape index (κ1) is 19.2. The van der Waals surface area contributed by atoms with E-state index in [1.165, 1.54) is 25.9 Å². The van der Waals surface area contributed by atoms with Gasteiger partial charge in [-0.1, -0.05) is 13.0 Å². The van der Waals surface area contributed by atoms with E-state index in [0.717, 1.165) is 6.54 Å². The predicted molar refractivity (Wildman–Crippen MR) is 104 cm³/mol. The maximum Gasteiger partial charge on any atom is 0.257 e. The number of carbonyl (C=O) groups is 1. The largest absolute Gasteiger partial charge is 0.484 e. The van der Waals surface area contributed by atoms with Crippen molar-refractivity contribution in [3.63, 3.8) is 0 Å². The molecule has 6 nitrogen and oxygen atoms in total. The van der Waals surface area contributed by atoms with E-state index >= 15 is 0 Å². The van der Waals surface area contributed by atoms with E-state index in [4.69, 9.17) is 9.47 Å². The molecule has 1 fully saturated rings. The molecule has 0 aliphatic carbocycles. The Morgan fingerprint density at radius 1 is 1.15 bits per heavy atom. The van der Waals surface area contributed by atoms with Crippen LogP contribution in [0, 0.1) is 5.92 Å². The molecule has 2 heterocycles. The van der Waals surface area contributed by atoms with Gasteiger partial charge in [-0.3, -0.25) is 4.79 Å². The summed E-state index contributed by atoms with van der Waals surface area (Å²) in [7, 11) is 0. The summed E-state index contributed by atoms with van der Waals surface area (Å²) in [6.07, 6.45) is 4.26. The summed E-state index contributed by atoms with van der Waals surface area (Å²) in [6.45, 7) is 6.26. The van der Waals surface area contributed by atoms with Crippen molar-refractivity contribution in [2.75, 3.05) is 32.8 Å². The molecule has 0 radical (unpaired) electrons. The van der Waals surface area contributed by atoms with Crippen LogP contribution in [0.15, 0.2) is 48.7 Å². The molecule has 1 aliphatic heterocycles. The molecule has 1 atom stereocenters. The van der Waals surface area contributed by atoms with Crippen LogP contribution in [0.1, 0.15) is 19.8 Å². The first-order valence-electron chi connectivity index (χ1n) is 9.50. The number of likely N-dealkylation sites (tertiary alicyclic amines) is 1. The van der Waals surface area contributed by atoms with E-state index in [2.05, 4.69) is 22.1 Å². The molecule has 6 heteroatoms. The normalized spacial score (nSPS) is 15.3. The summed E-state index contributed by atoms with van der Waals surface area (Å²) in [5, 5.41) is 2.95. The lowest BCUT2D eigenvalue weighted by Crippen LogP contribution is -2.36. The lowest BCUT2D eigenvalue weighted by Gasteiger charge is -2.20. The summed E-state index contributed by atoms with van der Waals surface area (Å²) in [5.74, 6) is 2.17. The van der Waals surface area contributed by atoms with Gasteiger partial charge in [0.1, 0.15) is 11.5 Å². The van der Waals surface area contributed by atoms with Gasteiger partial charge in [0.25, 0.3) is 5.91 Å². The molecule has 1 saturated heterocycles. The van der Waals surface area contributed by atoms with Crippen molar-refractivity contribution in [2.24, 2.45) is 5.92 Å². The minimum atomic E-state index is -0.0999. The molecule has 1 aromatic heterocycles. The number of pyridine rings is 1. The van der Waals surface area contributed by atoms with Crippen LogP contribution in [-0.2, 0) is 4.79 Å². The third-order valence-corrected chi connectivity index (χ3v) is 4.47. The van der Waals surface area contributed by atoms with Crippen molar-refractivity contribution >= 4 is 5.91 Å². The average molecular weight is 369 g/mol. The van der Waals surface area contributed by atoms with Crippen LogP contribution in [0.4, 0.5) is 0 Å². The second kappa shape index (κ2) is 9.92. The molecular weight excluding hydrogens is 342 g/mol. The van der Waals surface area contributed by atoms with Crippen molar-refractivity contribution < 1.29 is 14.3 Å². The summed E-state index contributed by atoms with van der Waals surface area (Å²) in [5.41, 5.74) is 0. The third kappa shape index (κ3) is 6.57. The molecule has 1 aliphatic rings. The Kier molecular flexibility index (Phi) is 7.04. The number of ether oxygens (including phenoxy) is 2. The monoisotopic (exact) mass is 369 g/mol. The predicted octanol–water partition coefficient (Wildman–Crippen LogP) is 3.10. The van der Waals surface area contributed by atoms with E-state index in [0.29, 0.717) is 29.8 Å². The van der Waals surface area contributed by atoms with Crippen LogP contribution >= 0.6 is 0 Å². The van der Waals surface area contributed by atoms with E-state index < -0.39 is 0 Å². The fourth-order valence-corrected chi connectivity index (χ4v) is 3.09. The van der Waals surface area contributed by atoms with Crippen molar-refractivity contribution in [2.45, 2.75) is 19.8 Å². The molecule has 0 spiro atoms. The highest BCUT2D eigenvalue weighted by atomic mass is 16.5. The Morgan fingerprint density at radius 3 is 2.59 bits per heavy atom. The van der Waals surface area contributed by atoms with Gasteiger partial charge in [-0.05, 0) is 62.2 Å². The average Bonchev–Trinajstić information content (AvgIpc) is 3.19. The summed E-state index contributed by atoms with van der Waals surface area (Å²) in [6, 6.07) is 12.6. The number of carbonyl (C=O) groups excluding carboxylic acids is 1. The number of hydrogen-bond acceptors (Lipinski definition) is 5. The fraction of sp³-hybridized carbons (Fsp3) is 0.429. The van der Waals surface area contributed by atoms with Gasteiger partial charge in [-0.15, -0.1) is 0 Å². The third-order valence-electron chi connectivity index (χ3n) is 4.47. The Balaban J connectivity index is 1.35. The Labute approximate surface area is 160 Å². The number of benzene rings is 1. The molecule has 144 valence electrons.